The van der Waals surface area contributed by atoms with Crippen LogP contribution in [0, 0.1) is 0 Å². The van der Waals surface area contributed by atoms with Crippen molar-refractivity contribution >= 4 is 72.2 Å². The zero-order valence-electron chi connectivity index (χ0n) is 29.7. The summed E-state index contributed by atoms with van der Waals surface area (Å²) in [4.78, 5) is 13.9. The minimum atomic E-state index is -0.284. The highest BCUT2D eigenvalue weighted by Crippen LogP contribution is 2.58. The molecule has 6 aromatic carbocycles. The van der Waals surface area contributed by atoms with E-state index in [1.807, 2.05) is 36.5 Å². The summed E-state index contributed by atoms with van der Waals surface area (Å²) < 4.78 is 2.47. The molecule has 53 heavy (non-hydrogen) atoms. The summed E-state index contributed by atoms with van der Waals surface area (Å²) in [6.45, 7) is 8.85. The van der Waals surface area contributed by atoms with Crippen molar-refractivity contribution in [3.05, 3.63) is 181 Å². The van der Waals surface area contributed by atoms with Gasteiger partial charge >= 0.3 is 0 Å². The number of hydrogen-bond donors (Lipinski definition) is 0. The Morgan fingerprint density at radius 2 is 1.36 bits per heavy atom. The van der Waals surface area contributed by atoms with Crippen molar-refractivity contribution in [1.82, 2.24) is 14.5 Å². The topological polar surface area (TPSA) is 43.1 Å². The maximum Gasteiger partial charge on any atom is 0.0899 e. The highest BCUT2D eigenvalue weighted by Gasteiger charge is 2.41. The van der Waals surface area contributed by atoms with Gasteiger partial charge in [0.2, 0.25) is 0 Å². The van der Waals surface area contributed by atoms with E-state index >= 15 is 0 Å². The van der Waals surface area contributed by atoms with Crippen LogP contribution in [0.2, 0.25) is 0 Å². The normalized spacial score (nSPS) is 14.0. The second-order valence-electron chi connectivity index (χ2n) is 14.5. The highest BCUT2D eigenvalue weighted by atomic mass is 15.0. The number of aromatic nitrogens is 3. The van der Waals surface area contributed by atoms with Crippen LogP contribution in [-0.4, -0.2) is 21.3 Å². The Kier molecular flexibility index (Phi) is 7.02. The second-order valence-corrected chi connectivity index (χ2v) is 14.5. The fourth-order valence-corrected chi connectivity index (χ4v) is 8.90. The largest absolute Gasteiger partial charge is 0.309 e. The number of nitrogens with zero attached hydrogens (tertiary/aromatic N) is 4. The van der Waals surface area contributed by atoms with E-state index in [-0.39, 0.29) is 5.41 Å². The molecule has 0 unspecified atom stereocenters. The lowest BCUT2D eigenvalue weighted by Gasteiger charge is -2.25. The zero-order valence-corrected chi connectivity index (χ0v) is 29.7. The lowest BCUT2D eigenvalue weighted by Crippen LogP contribution is -2.16. The minimum absolute atomic E-state index is 0.284. The van der Waals surface area contributed by atoms with E-state index in [4.69, 9.17) is 4.98 Å². The zero-order chi connectivity index (χ0) is 35.7. The Balaban J connectivity index is 1.40. The van der Waals surface area contributed by atoms with Gasteiger partial charge in [-0.25, -0.2) is 0 Å². The van der Waals surface area contributed by atoms with E-state index in [1.54, 1.807) is 6.20 Å². The summed E-state index contributed by atoms with van der Waals surface area (Å²) in [5.41, 5.74) is 10.9. The molecule has 0 N–H and O–H groups in total. The Hall–Kier alpha value is -6.65. The number of aliphatic imine (C=N–C) groups is 1. The van der Waals surface area contributed by atoms with E-state index < -0.39 is 0 Å². The predicted octanol–water partition coefficient (Wildman–Crippen LogP) is 12.2. The fourth-order valence-electron chi connectivity index (χ4n) is 8.90. The number of benzene rings is 6. The first kappa shape index (κ1) is 31.1. The summed E-state index contributed by atoms with van der Waals surface area (Å²) in [7, 11) is 0. The third-order valence-electron chi connectivity index (χ3n) is 11.1. The van der Waals surface area contributed by atoms with Crippen LogP contribution in [0.15, 0.2) is 163 Å². The molecule has 0 radical (unpaired) electrons. The molecule has 0 saturated carbocycles. The van der Waals surface area contributed by atoms with E-state index in [0.29, 0.717) is 12.1 Å². The van der Waals surface area contributed by atoms with Gasteiger partial charge in [-0.2, -0.15) is 0 Å². The van der Waals surface area contributed by atoms with E-state index in [0.717, 1.165) is 22.6 Å². The molecule has 1 aliphatic carbocycles. The van der Waals surface area contributed by atoms with Crippen LogP contribution in [0.3, 0.4) is 0 Å². The van der Waals surface area contributed by atoms with Gasteiger partial charge in [0.05, 0.1) is 22.4 Å². The molecule has 0 aliphatic heterocycles. The molecule has 0 spiro atoms. The van der Waals surface area contributed by atoms with Crippen molar-refractivity contribution in [2.24, 2.45) is 4.99 Å². The fraction of sp³-hybridized carbons (Fsp3) is 0.0816. The lowest BCUT2D eigenvalue weighted by atomic mass is 9.78. The van der Waals surface area contributed by atoms with Crippen LogP contribution in [-0.2, 0) is 11.8 Å². The molecule has 1 aliphatic rings. The van der Waals surface area contributed by atoms with E-state index in [9.17, 15) is 0 Å². The number of allylic oxidation sites excluding steroid dienone is 3. The summed E-state index contributed by atoms with van der Waals surface area (Å²) >= 11 is 0. The summed E-state index contributed by atoms with van der Waals surface area (Å²) in [6, 6.07) is 47.9. The molecular formula is C49H36N4. The van der Waals surface area contributed by atoms with Crippen LogP contribution in [0.4, 0.5) is 0 Å². The van der Waals surface area contributed by atoms with Crippen LogP contribution < -0.4 is 0 Å². The molecule has 0 saturated heterocycles. The highest BCUT2D eigenvalue weighted by molar-refractivity contribution is 6.28. The predicted molar refractivity (Wildman–Crippen MR) is 224 cm³/mol. The first-order valence-electron chi connectivity index (χ1n) is 18.2. The Morgan fingerprint density at radius 3 is 2.09 bits per heavy atom. The van der Waals surface area contributed by atoms with Crippen molar-refractivity contribution in [3.8, 4) is 11.1 Å². The number of pyridine rings is 2. The van der Waals surface area contributed by atoms with Crippen LogP contribution in [0.25, 0.3) is 76.6 Å². The van der Waals surface area contributed by atoms with Gasteiger partial charge in [0, 0.05) is 51.8 Å². The molecule has 3 heterocycles. The quantitative estimate of drug-likeness (QED) is 0.130. The Labute approximate surface area is 308 Å². The summed E-state index contributed by atoms with van der Waals surface area (Å²) in [5, 5.41) is 9.97. The molecule has 4 nitrogen and oxygen atoms in total. The maximum absolute atomic E-state index is 4.70. The summed E-state index contributed by atoms with van der Waals surface area (Å²) in [6.07, 6.45) is 8.72. The number of hydrogen-bond acceptors (Lipinski definition) is 3. The van der Waals surface area contributed by atoms with Gasteiger partial charge in [-0.15, -0.1) is 0 Å². The molecular weight excluding hydrogens is 645 g/mol. The van der Waals surface area contributed by atoms with Gasteiger partial charge in [0.15, 0.2) is 0 Å². The lowest BCUT2D eigenvalue weighted by molar-refractivity contribution is 0.673. The third-order valence-corrected chi connectivity index (χ3v) is 11.1. The molecule has 0 atom stereocenters. The molecule has 252 valence electrons. The monoisotopic (exact) mass is 680 g/mol. The average molecular weight is 681 g/mol. The maximum atomic E-state index is 4.70. The smallest absolute Gasteiger partial charge is 0.0899 e. The average Bonchev–Trinajstić information content (AvgIpc) is 3.66. The Morgan fingerprint density at radius 1 is 0.679 bits per heavy atom. The van der Waals surface area contributed by atoms with Gasteiger partial charge < -0.3 is 4.57 Å². The van der Waals surface area contributed by atoms with Crippen molar-refractivity contribution in [1.29, 1.82) is 0 Å². The molecule has 3 aromatic heterocycles. The molecule has 9 aromatic rings. The van der Waals surface area contributed by atoms with Crippen molar-refractivity contribution in [2.45, 2.75) is 25.7 Å². The van der Waals surface area contributed by atoms with E-state index in [1.165, 1.54) is 70.9 Å². The SMILES string of the molecule is C=N/C(=C\C(=C/Cc1ccccn1)n1c2cc3ccccc3cc2c2c3c(c4ccccc4c21)-c1ccc2ccccc2c1C3(C)C)c1ccccn1. The van der Waals surface area contributed by atoms with Crippen LogP contribution in [0.5, 0.6) is 0 Å². The van der Waals surface area contributed by atoms with Crippen LogP contribution in [0.1, 0.15) is 36.4 Å². The molecule has 0 fully saturated rings. The second kappa shape index (κ2) is 12.0. The molecule has 0 bridgehead atoms. The number of fused-ring (bicyclic) bond motifs is 13. The van der Waals surface area contributed by atoms with Crippen molar-refractivity contribution < 1.29 is 0 Å². The molecule has 0 amide bonds. The first-order chi connectivity index (χ1) is 26.0. The van der Waals surface area contributed by atoms with E-state index in [2.05, 4.69) is 150 Å². The number of rotatable bonds is 6. The third kappa shape index (κ3) is 4.72. The molecule has 4 heteroatoms. The Bertz CT molecular complexity index is 3000. The van der Waals surface area contributed by atoms with Gasteiger partial charge in [-0.05, 0) is 98.4 Å². The minimum Gasteiger partial charge on any atom is -0.309 e. The summed E-state index contributed by atoms with van der Waals surface area (Å²) in [5.74, 6) is 0. The molecule has 10 rings (SSSR count). The van der Waals surface area contributed by atoms with Gasteiger partial charge in [-0.1, -0.05) is 117 Å². The standard InChI is InChI=1S/C49H36N4/c1-49(2)46-36-18-7-6-14-31(36)22-25-39(46)44-37-19-8-9-20-38(37)48-45(47(44)49)40-28-32-15-4-5-16-33(32)29-43(40)53(48)35(24-23-34-17-10-12-26-51-34)30-42(50-3)41-21-11-13-27-52-41/h4-22,24-30H,3,23H2,1-2H3/b35-24+,42-30-. The van der Waals surface area contributed by atoms with Crippen molar-refractivity contribution in [3.63, 3.8) is 0 Å². The van der Waals surface area contributed by atoms with Gasteiger partial charge in [0.1, 0.15) is 0 Å². The van der Waals surface area contributed by atoms with Gasteiger partial charge in [0.25, 0.3) is 0 Å². The first-order valence-corrected chi connectivity index (χ1v) is 18.2. The van der Waals surface area contributed by atoms with Gasteiger partial charge in [-0.3, -0.25) is 15.0 Å². The van der Waals surface area contributed by atoms with Crippen molar-refractivity contribution in [2.75, 3.05) is 0 Å². The van der Waals surface area contributed by atoms with Crippen LogP contribution >= 0.6 is 0 Å².